The van der Waals surface area contributed by atoms with Gasteiger partial charge >= 0.3 is 12.1 Å². The number of nitrogens with zero attached hydrogens (tertiary/aromatic N) is 4. The average Bonchev–Trinajstić information content (AvgIpc) is 3.38. The molecule has 0 unspecified atom stereocenters. The Hall–Kier alpha value is -3.89. The minimum Gasteiger partial charge on any atom is -0.386 e. The third-order valence-electron chi connectivity index (χ3n) is 6.90. The molecule has 0 saturated carbocycles. The van der Waals surface area contributed by atoms with Crippen molar-refractivity contribution in [3.8, 4) is 11.1 Å². The second-order valence-corrected chi connectivity index (χ2v) is 9.80. The highest BCUT2D eigenvalue weighted by Crippen LogP contribution is 2.31. The van der Waals surface area contributed by atoms with Gasteiger partial charge in [0.15, 0.2) is 0 Å². The topological polar surface area (TPSA) is 77.2 Å². The van der Waals surface area contributed by atoms with E-state index in [9.17, 15) is 18.0 Å². The molecule has 0 spiro atoms. The molecule has 2 heterocycles. The molecule has 2 aliphatic rings. The monoisotopic (exact) mass is 536 g/mol. The van der Waals surface area contributed by atoms with E-state index < -0.39 is 12.1 Å². The van der Waals surface area contributed by atoms with Crippen molar-refractivity contribution in [1.29, 1.82) is 0 Å². The SMILES string of the molecule is NC1=NN(c2cccc(N(Cc3cccc(-c4cccc(CN5CCNCC5)c4)c3)C(=O)C(F)(F)F)c2)CC1. The van der Waals surface area contributed by atoms with E-state index in [0.717, 1.165) is 48.8 Å². The predicted octanol–water partition coefficient (Wildman–Crippen LogP) is 4.34. The molecule has 10 heteroatoms. The normalized spacial score (nSPS) is 16.3. The summed E-state index contributed by atoms with van der Waals surface area (Å²) in [6.07, 6.45) is -4.46. The van der Waals surface area contributed by atoms with Crippen LogP contribution in [0.5, 0.6) is 0 Å². The summed E-state index contributed by atoms with van der Waals surface area (Å²) >= 11 is 0. The molecule has 7 nitrogen and oxygen atoms in total. The minimum absolute atomic E-state index is 0.138. The van der Waals surface area contributed by atoms with Gasteiger partial charge in [-0.25, -0.2) is 0 Å². The van der Waals surface area contributed by atoms with Crippen molar-refractivity contribution in [3.05, 3.63) is 83.9 Å². The van der Waals surface area contributed by atoms with Crippen LogP contribution in [0, 0.1) is 0 Å². The van der Waals surface area contributed by atoms with E-state index in [0.29, 0.717) is 30.1 Å². The smallest absolute Gasteiger partial charge is 0.386 e. The van der Waals surface area contributed by atoms with Crippen LogP contribution in [0.4, 0.5) is 24.5 Å². The van der Waals surface area contributed by atoms with Crippen LogP contribution in [0.2, 0.25) is 0 Å². The number of piperazine rings is 1. The first-order chi connectivity index (χ1) is 18.8. The number of halogens is 3. The van der Waals surface area contributed by atoms with Crippen LogP contribution < -0.4 is 21.0 Å². The number of hydrogen-bond donors (Lipinski definition) is 2. The van der Waals surface area contributed by atoms with E-state index in [4.69, 9.17) is 5.73 Å². The van der Waals surface area contributed by atoms with Gasteiger partial charge in [0.2, 0.25) is 0 Å². The summed E-state index contributed by atoms with van der Waals surface area (Å²) < 4.78 is 41.0. The lowest BCUT2D eigenvalue weighted by atomic mass is 10.0. The van der Waals surface area contributed by atoms with E-state index in [-0.39, 0.29) is 12.2 Å². The number of hydrazone groups is 1. The number of amides is 1. The summed E-state index contributed by atoms with van der Waals surface area (Å²) in [6.45, 7) is 5.04. The largest absolute Gasteiger partial charge is 0.471 e. The molecular formula is C29H31F3N6O. The van der Waals surface area contributed by atoms with Crippen molar-refractivity contribution in [2.75, 3.05) is 42.6 Å². The first-order valence-corrected chi connectivity index (χ1v) is 13.0. The summed E-state index contributed by atoms with van der Waals surface area (Å²) in [5.74, 6) is -1.47. The van der Waals surface area contributed by atoms with Crippen LogP contribution >= 0.6 is 0 Å². The fourth-order valence-corrected chi connectivity index (χ4v) is 4.93. The van der Waals surface area contributed by atoms with Gasteiger partial charge in [0.05, 0.1) is 12.2 Å². The van der Waals surface area contributed by atoms with Gasteiger partial charge in [0.1, 0.15) is 5.84 Å². The molecule has 0 radical (unpaired) electrons. The van der Waals surface area contributed by atoms with Crippen LogP contribution in [0.15, 0.2) is 77.9 Å². The van der Waals surface area contributed by atoms with Gasteiger partial charge in [0.25, 0.3) is 0 Å². The fraction of sp³-hybridized carbons (Fsp3) is 0.310. The van der Waals surface area contributed by atoms with Gasteiger partial charge in [0, 0.05) is 51.4 Å². The third-order valence-corrected chi connectivity index (χ3v) is 6.90. The molecule has 2 aliphatic heterocycles. The maximum atomic E-state index is 13.7. The molecule has 0 bridgehead atoms. The summed E-state index contributed by atoms with van der Waals surface area (Å²) in [6, 6.07) is 21.9. The summed E-state index contributed by atoms with van der Waals surface area (Å²) in [5.41, 5.74) is 10.1. The maximum Gasteiger partial charge on any atom is 0.471 e. The molecule has 5 rings (SSSR count). The van der Waals surface area contributed by atoms with Crippen LogP contribution in [0.1, 0.15) is 17.5 Å². The molecule has 0 aromatic heterocycles. The Morgan fingerprint density at radius 2 is 1.59 bits per heavy atom. The number of carbonyl (C=O) groups excluding carboxylic acids is 1. The number of carbonyl (C=O) groups is 1. The van der Waals surface area contributed by atoms with Crippen molar-refractivity contribution >= 4 is 23.1 Å². The zero-order valence-corrected chi connectivity index (χ0v) is 21.5. The highest BCUT2D eigenvalue weighted by molar-refractivity contribution is 5.97. The van der Waals surface area contributed by atoms with Crippen LogP contribution in [-0.2, 0) is 17.9 Å². The Morgan fingerprint density at radius 1 is 0.923 bits per heavy atom. The molecule has 3 aromatic carbocycles. The highest BCUT2D eigenvalue weighted by atomic mass is 19.4. The van der Waals surface area contributed by atoms with E-state index >= 15 is 0 Å². The van der Waals surface area contributed by atoms with Gasteiger partial charge in [-0.15, -0.1) is 0 Å². The standard InChI is InChI=1S/C29H31F3N6O/c30-29(31,32)28(39)37(25-8-3-9-26(18-25)38-13-10-27(33)35-38)20-22-5-2-7-24(17-22)23-6-1-4-21(16-23)19-36-14-11-34-12-15-36/h1-9,16-18,34H,10-15,19-20H2,(H2,33,35). The maximum absolute atomic E-state index is 13.7. The number of amidine groups is 1. The fourth-order valence-electron chi connectivity index (χ4n) is 4.93. The number of benzene rings is 3. The molecule has 1 fully saturated rings. The second kappa shape index (κ2) is 11.5. The van der Waals surface area contributed by atoms with E-state index in [1.807, 2.05) is 30.3 Å². The van der Waals surface area contributed by atoms with Gasteiger partial charge in [-0.05, 0) is 52.6 Å². The van der Waals surface area contributed by atoms with Crippen molar-refractivity contribution in [3.63, 3.8) is 0 Å². The molecular weight excluding hydrogens is 505 g/mol. The first kappa shape index (κ1) is 26.7. The quantitative estimate of drug-likeness (QED) is 0.470. The molecule has 3 aromatic rings. The summed E-state index contributed by atoms with van der Waals surface area (Å²) in [5, 5.41) is 9.20. The zero-order valence-electron chi connectivity index (χ0n) is 21.5. The van der Waals surface area contributed by atoms with Crippen LogP contribution in [0.25, 0.3) is 11.1 Å². The number of rotatable bonds is 7. The van der Waals surface area contributed by atoms with Crippen molar-refractivity contribution in [2.24, 2.45) is 10.8 Å². The van der Waals surface area contributed by atoms with Crippen LogP contribution in [-0.4, -0.2) is 55.5 Å². The van der Waals surface area contributed by atoms with Gasteiger partial charge in [-0.1, -0.05) is 42.5 Å². The van der Waals surface area contributed by atoms with Crippen LogP contribution in [0.3, 0.4) is 0 Å². The molecule has 1 amide bonds. The van der Waals surface area contributed by atoms with Gasteiger partial charge in [-0.3, -0.25) is 14.7 Å². The van der Waals surface area contributed by atoms with Gasteiger partial charge < -0.3 is 16.0 Å². The van der Waals surface area contributed by atoms with E-state index in [2.05, 4.69) is 27.5 Å². The Balaban J connectivity index is 1.40. The lowest BCUT2D eigenvalue weighted by Crippen LogP contribution is -2.42. The number of hydrogen-bond acceptors (Lipinski definition) is 6. The molecule has 204 valence electrons. The highest BCUT2D eigenvalue weighted by Gasteiger charge is 2.43. The Labute approximate surface area is 225 Å². The zero-order chi connectivity index (χ0) is 27.4. The van der Waals surface area contributed by atoms with E-state index in [1.54, 1.807) is 23.2 Å². The first-order valence-electron chi connectivity index (χ1n) is 13.0. The molecule has 1 saturated heterocycles. The predicted molar refractivity (Wildman–Crippen MR) is 147 cm³/mol. The summed E-state index contributed by atoms with van der Waals surface area (Å²) in [4.78, 5) is 15.7. The average molecular weight is 537 g/mol. The Kier molecular flexibility index (Phi) is 7.85. The molecule has 0 atom stereocenters. The van der Waals surface area contributed by atoms with Crippen molar-refractivity contribution in [2.45, 2.75) is 25.7 Å². The minimum atomic E-state index is -5.03. The van der Waals surface area contributed by atoms with Crippen molar-refractivity contribution < 1.29 is 18.0 Å². The molecule has 39 heavy (non-hydrogen) atoms. The Bertz CT molecular complexity index is 1350. The number of alkyl halides is 3. The molecule has 3 N–H and O–H groups in total. The number of anilines is 2. The number of nitrogens with one attached hydrogen (secondary N) is 1. The lowest BCUT2D eigenvalue weighted by Gasteiger charge is -2.27. The van der Waals surface area contributed by atoms with E-state index in [1.165, 1.54) is 17.7 Å². The lowest BCUT2D eigenvalue weighted by molar-refractivity contribution is -0.170. The Morgan fingerprint density at radius 3 is 2.26 bits per heavy atom. The molecule has 0 aliphatic carbocycles. The number of nitrogens with two attached hydrogens (primary N) is 1. The van der Waals surface area contributed by atoms with Gasteiger partial charge in [-0.2, -0.15) is 18.3 Å². The summed E-state index contributed by atoms with van der Waals surface area (Å²) in [7, 11) is 0. The third kappa shape index (κ3) is 6.58. The second-order valence-electron chi connectivity index (χ2n) is 9.80. The van der Waals surface area contributed by atoms with Crippen molar-refractivity contribution in [1.82, 2.24) is 10.2 Å².